The van der Waals surface area contributed by atoms with Gasteiger partial charge in [-0.1, -0.05) is 0 Å². The summed E-state index contributed by atoms with van der Waals surface area (Å²) in [5, 5.41) is 20.6. The van der Waals surface area contributed by atoms with Gasteiger partial charge in [0.2, 0.25) is 0 Å². The molecule has 74 valence electrons. The van der Waals surface area contributed by atoms with Crippen LogP contribution in [0.25, 0.3) is 0 Å². The van der Waals surface area contributed by atoms with Crippen molar-refractivity contribution in [2.75, 3.05) is 5.32 Å². The van der Waals surface area contributed by atoms with Crippen molar-refractivity contribution in [1.29, 1.82) is 0 Å². The molecule has 7 nitrogen and oxygen atoms in total. The predicted molar refractivity (Wildman–Crippen MR) is 50.2 cm³/mol. The van der Waals surface area contributed by atoms with Gasteiger partial charge in [0.15, 0.2) is 0 Å². The van der Waals surface area contributed by atoms with E-state index in [1.807, 2.05) is 5.32 Å². The molecule has 1 heterocycles. The molecule has 0 bridgehead atoms. The quantitative estimate of drug-likeness (QED) is 0.624. The number of pyridine rings is 1. The van der Waals surface area contributed by atoms with Gasteiger partial charge in [0, 0.05) is 6.07 Å². The summed E-state index contributed by atoms with van der Waals surface area (Å²) < 4.78 is 0.193. The summed E-state index contributed by atoms with van der Waals surface area (Å²) in [7, 11) is 0. The summed E-state index contributed by atoms with van der Waals surface area (Å²) in [5.41, 5.74) is 0. The third kappa shape index (κ3) is 2.39. The molecule has 1 aromatic heterocycles. The Morgan fingerprint density at radius 2 is 2.29 bits per heavy atom. The Kier molecular flexibility index (Phi) is 2.97. The Morgan fingerprint density at radius 1 is 1.64 bits per heavy atom. The van der Waals surface area contributed by atoms with Crippen LogP contribution in [-0.4, -0.2) is 21.1 Å². The number of nitrogens with zero attached hydrogens (tertiary/aromatic N) is 2. The number of carbonyl (C=O) groups is 1. The molecule has 0 saturated carbocycles. The largest absolute Gasteiger partial charge is 0.465 e. The molecule has 0 radical (unpaired) electrons. The third-order valence-electron chi connectivity index (χ3n) is 1.24. The zero-order valence-corrected chi connectivity index (χ0v) is 8.19. The van der Waals surface area contributed by atoms with E-state index >= 15 is 0 Å². The molecule has 1 rings (SSSR count). The van der Waals surface area contributed by atoms with E-state index < -0.39 is 16.8 Å². The highest BCUT2D eigenvalue weighted by atomic mass is 79.9. The molecular formula is C6H4BrN3O4. The van der Waals surface area contributed by atoms with E-state index in [0.717, 1.165) is 0 Å². The monoisotopic (exact) mass is 261 g/mol. The van der Waals surface area contributed by atoms with E-state index in [4.69, 9.17) is 5.11 Å². The minimum absolute atomic E-state index is 0.0904. The van der Waals surface area contributed by atoms with Gasteiger partial charge in [0.1, 0.15) is 4.47 Å². The van der Waals surface area contributed by atoms with E-state index in [1.165, 1.54) is 12.1 Å². The van der Waals surface area contributed by atoms with Crippen molar-refractivity contribution in [3.05, 3.63) is 26.7 Å². The Labute approximate surface area is 86.0 Å². The minimum Gasteiger partial charge on any atom is -0.465 e. The summed E-state index contributed by atoms with van der Waals surface area (Å²) in [6, 6.07) is 2.65. The minimum atomic E-state index is -1.32. The second kappa shape index (κ2) is 4.01. The lowest BCUT2D eigenvalue weighted by atomic mass is 10.4. The molecule has 8 heteroatoms. The van der Waals surface area contributed by atoms with Crippen LogP contribution < -0.4 is 5.32 Å². The van der Waals surface area contributed by atoms with Crippen LogP contribution in [0.3, 0.4) is 0 Å². The lowest BCUT2D eigenvalue weighted by Crippen LogP contribution is -2.09. The fraction of sp³-hybridized carbons (Fsp3) is 0. The number of halogens is 1. The van der Waals surface area contributed by atoms with Crippen LogP contribution in [0.5, 0.6) is 0 Å². The maximum absolute atomic E-state index is 10.4. The molecule has 0 unspecified atom stereocenters. The van der Waals surface area contributed by atoms with Gasteiger partial charge in [0.25, 0.3) is 5.82 Å². The first-order valence-electron chi connectivity index (χ1n) is 3.31. The molecule has 0 atom stereocenters. The number of nitro groups is 1. The van der Waals surface area contributed by atoms with Crippen molar-refractivity contribution >= 4 is 33.7 Å². The highest BCUT2D eigenvalue weighted by molar-refractivity contribution is 9.10. The molecular weight excluding hydrogens is 258 g/mol. The number of hydrogen-bond donors (Lipinski definition) is 2. The molecule has 1 amide bonds. The average Bonchev–Trinajstić information content (AvgIpc) is 2.07. The van der Waals surface area contributed by atoms with Gasteiger partial charge in [-0.2, -0.15) is 0 Å². The SMILES string of the molecule is O=C(O)Nc1ccc(Br)c([N+](=O)[O-])n1. The number of carboxylic acid groups (broad SMARTS) is 1. The Morgan fingerprint density at radius 3 is 2.79 bits per heavy atom. The van der Waals surface area contributed by atoms with Crippen LogP contribution in [0, 0.1) is 10.1 Å². The van der Waals surface area contributed by atoms with Crippen molar-refractivity contribution in [2.45, 2.75) is 0 Å². The summed E-state index contributed by atoms with van der Waals surface area (Å²) in [6.07, 6.45) is -1.32. The van der Waals surface area contributed by atoms with Crippen molar-refractivity contribution < 1.29 is 14.8 Å². The van der Waals surface area contributed by atoms with Crippen LogP contribution in [-0.2, 0) is 0 Å². The normalized spacial score (nSPS) is 9.50. The number of hydrogen-bond acceptors (Lipinski definition) is 4. The molecule has 0 spiro atoms. The molecule has 2 N–H and O–H groups in total. The topological polar surface area (TPSA) is 105 Å². The van der Waals surface area contributed by atoms with Gasteiger partial charge in [0.05, 0.1) is 0 Å². The number of anilines is 1. The number of amides is 1. The van der Waals surface area contributed by atoms with E-state index in [-0.39, 0.29) is 10.3 Å². The van der Waals surface area contributed by atoms with E-state index in [2.05, 4.69) is 20.9 Å². The second-order valence-electron chi connectivity index (χ2n) is 2.19. The lowest BCUT2D eigenvalue weighted by molar-refractivity contribution is -0.390. The molecule has 1 aromatic rings. The lowest BCUT2D eigenvalue weighted by Gasteiger charge is -1.97. The number of aromatic nitrogens is 1. The van der Waals surface area contributed by atoms with Crippen molar-refractivity contribution in [3.8, 4) is 0 Å². The first-order valence-corrected chi connectivity index (χ1v) is 4.11. The standard InChI is InChI=1S/C6H4BrN3O4/c7-3-1-2-4(9-6(11)12)8-5(3)10(13)14/h1-2H,(H,8,9)(H,11,12). The van der Waals surface area contributed by atoms with Crippen molar-refractivity contribution in [3.63, 3.8) is 0 Å². The molecule has 0 fully saturated rings. The van der Waals surface area contributed by atoms with Crippen molar-refractivity contribution in [1.82, 2.24) is 4.98 Å². The predicted octanol–water partition coefficient (Wildman–Crippen LogP) is 1.84. The maximum atomic E-state index is 10.4. The fourth-order valence-corrected chi connectivity index (χ4v) is 1.10. The summed E-state index contributed by atoms with van der Waals surface area (Å²) in [4.78, 5) is 23.4. The van der Waals surface area contributed by atoms with Crippen LogP contribution in [0.1, 0.15) is 0 Å². The van der Waals surface area contributed by atoms with Gasteiger partial charge in [-0.25, -0.2) is 4.79 Å². The smallest absolute Gasteiger partial charge is 0.412 e. The van der Waals surface area contributed by atoms with Crippen LogP contribution in [0.4, 0.5) is 16.4 Å². The summed E-state index contributed by atoms with van der Waals surface area (Å²) in [5.74, 6) is -0.524. The van der Waals surface area contributed by atoms with Gasteiger partial charge in [-0.15, -0.1) is 0 Å². The van der Waals surface area contributed by atoms with E-state index in [1.54, 1.807) is 0 Å². The first kappa shape index (κ1) is 10.4. The summed E-state index contributed by atoms with van der Waals surface area (Å²) in [6.45, 7) is 0. The highest BCUT2D eigenvalue weighted by Gasteiger charge is 2.16. The van der Waals surface area contributed by atoms with Gasteiger partial charge >= 0.3 is 11.9 Å². The van der Waals surface area contributed by atoms with Gasteiger partial charge in [-0.05, 0) is 31.9 Å². The van der Waals surface area contributed by atoms with E-state index in [9.17, 15) is 14.9 Å². The molecule has 0 aromatic carbocycles. The number of nitrogens with one attached hydrogen (secondary N) is 1. The molecule has 14 heavy (non-hydrogen) atoms. The fourth-order valence-electron chi connectivity index (χ4n) is 0.739. The second-order valence-corrected chi connectivity index (χ2v) is 3.04. The maximum Gasteiger partial charge on any atom is 0.412 e. The van der Waals surface area contributed by atoms with Crippen LogP contribution in [0.15, 0.2) is 16.6 Å². The summed E-state index contributed by atoms with van der Waals surface area (Å²) >= 11 is 2.92. The zero-order chi connectivity index (χ0) is 10.7. The average molecular weight is 262 g/mol. The molecule has 0 aliphatic rings. The number of rotatable bonds is 2. The Bertz CT molecular complexity index is 395. The highest BCUT2D eigenvalue weighted by Crippen LogP contribution is 2.23. The van der Waals surface area contributed by atoms with Crippen LogP contribution in [0.2, 0.25) is 0 Å². The van der Waals surface area contributed by atoms with E-state index in [0.29, 0.717) is 0 Å². The molecule has 0 aliphatic carbocycles. The zero-order valence-electron chi connectivity index (χ0n) is 6.60. The molecule has 0 saturated heterocycles. The molecule has 0 aliphatic heterocycles. The van der Waals surface area contributed by atoms with Crippen molar-refractivity contribution in [2.24, 2.45) is 0 Å². The Balaban J connectivity index is 3.06. The first-order chi connectivity index (χ1) is 6.50. The van der Waals surface area contributed by atoms with Gasteiger partial charge in [-0.3, -0.25) is 5.32 Å². The Hall–Kier alpha value is -1.70. The third-order valence-corrected chi connectivity index (χ3v) is 1.85. The van der Waals surface area contributed by atoms with Crippen LogP contribution >= 0.6 is 15.9 Å². The van der Waals surface area contributed by atoms with Gasteiger partial charge < -0.3 is 15.2 Å².